The summed E-state index contributed by atoms with van der Waals surface area (Å²) >= 11 is 0. The molecule has 0 saturated heterocycles. The van der Waals surface area contributed by atoms with E-state index in [4.69, 9.17) is 23.7 Å². The van der Waals surface area contributed by atoms with Crippen LogP contribution in [0.15, 0.2) is 66.7 Å². The van der Waals surface area contributed by atoms with Gasteiger partial charge in [0.05, 0.1) is 20.8 Å². The zero-order chi connectivity index (χ0) is 24.6. The van der Waals surface area contributed by atoms with Gasteiger partial charge in [-0.25, -0.2) is 0 Å². The number of hydrogen-bond acceptors (Lipinski definition) is 7. The minimum atomic E-state index is -0.338. The highest BCUT2D eigenvalue weighted by molar-refractivity contribution is 5.95. The molecule has 0 aromatic heterocycles. The number of rotatable bonds is 9. The first-order valence-corrected chi connectivity index (χ1v) is 11.0. The van der Waals surface area contributed by atoms with Crippen LogP contribution >= 0.6 is 0 Å². The summed E-state index contributed by atoms with van der Waals surface area (Å²) in [7, 11) is 3.04. The van der Waals surface area contributed by atoms with Gasteiger partial charge >= 0.3 is 0 Å². The summed E-state index contributed by atoms with van der Waals surface area (Å²) < 4.78 is 27.6. The molecule has 1 atom stereocenters. The van der Waals surface area contributed by atoms with Gasteiger partial charge in [0, 0.05) is 11.3 Å². The predicted octanol–water partition coefficient (Wildman–Crippen LogP) is 3.29. The number of ether oxygens (including phenoxy) is 5. The standard InChI is InChI=1S/C26H26N2O7/c1-31-19-10-8-18(9-11-19)28-25(29)16-34-22-12-7-17(13-24(22)32-2)26(30)27-14-20-15-33-21-5-3-4-6-23(21)35-20/h3-13,20H,14-16H2,1-2H3,(H,27,30)(H,28,29)/t20-/m1/s1. The molecule has 2 amide bonds. The molecule has 0 spiro atoms. The van der Waals surface area contributed by atoms with Crippen LogP contribution in [0, 0.1) is 0 Å². The number of carbonyl (C=O) groups excluding carboxylic acids is 2. The van der Waals surface area contributed by atoms with Gasteiger partial charge in [-0.1, -0.05) is 12.1 Å². The van der Waals surface area contributed by atoms with Crippen molar-refractivity contribution in [3.05, 3.63) is 72.3 Å². The fraction of sp³-hybridized carbons (Fsp3) is 0.231. The van der Waals surface area contributed by atoms with Gasteiger partial charge in [-0.3, -0.25) is 9.59 Å². The highest BCUT2D eigenvalue weighted by Crippen LogP contribution is 2.31. The summed E-state index contributed by atoms with van der Waals surface area (Å²) in [5.41, 5.74) is 1.00. The van der Waals surface area contributed by atoms with Crippen LogP contribution in [0.4, 0.5) is 5.69 Å². The maximum atomic E-state index is 12.7. The van der Waals surface area contributed by atoms with Crippen LogP contribution in [0.1, 0.15) is 10.4 Å². The first-order chi connectivity index (χ1) is 17.1. The van der Waals surface area contributed by atoms with Crippen molar-refractivity contribution in [2.24, 2.45) is 0 Å². The fourth-order valence-corrected chi connectivity index (χ4v) is 3.42. The highest BCUT2D eigenvalue weighted by Gasteiger charge is 2.21. The minimum Gasteiger partial charge on any atom is -0.497 e. The number of amides is 2. The van der Waals surface area contributed by atoms with E-state index in [0.29, 0.717) is 46.6 Å². The summed E-state index contributed by atoms with van der Waals surface area (Å²) in [5.74, 6) is 2.07. The maximum Gasteiger partial charge on any atom is 0.262 e. The van der Waals surface area contributed by atoms with Crippen molar-refractivity contribution in [3.63, 3.8) is 0 Å². The molecule has 1 aliphatic rings. The molecular formula is C26H26N2O7. The molecule has 4 rings (SSSR count). The fourth-order valence-electron chi connectivity index (χ4n) is 3.42. The van der Waals surface area contributed by atoms with E-state index in [9.17, 15) is 9.59 Å². The maximum absolute atomic E-state index is 12.7. The summed E-state index contributed by atoms with van der Waals surface area (Å²) in [6.45, 7) is 0.389. The van der Waals surface area contributed by atoms with Crippen LogP contribution in [0.5, 0.6) is 28.7 Å². The number of nitrogens with one attached hydrogen (secondary N) is 2. The minimum absolute atomic E-state index is 0.228. The van der Waals surface area contributed by atoms with Gasteiger partial charge in [-0.2, -0.15) is 0 Å². The Morgan fingerprint density at radius 3 is 2.46 bits per heavy atom. The van der Waals surface area contributed by atoms with Crippen molar-refractivity contribution in [1.29, 1.82) is 0 Å². The Kier molecular flexibility index (Phi) is 7.57. The first kappa shape index (κ1) is 23.7. The Morgan fingerprint density at radius 1 is 0.943 bits per heavy atom. The van der Waals surface area contributed by atoms with Crippen LogP contribution in [0.2, 0.25) is 0 Å². The van der Waals surface area contributed by atoms with Crippen molar-refractivity contribution in [2.45, 2.75) is 6.10 Å². The Balaban J connectivity index is 1.29. The van der Waals surface area contributed by atoms with Crippen molar-refractivity contribution in [3.8, 4) is 28.7 Å². The largest absolute Gasteiger partial charge is 0.497 e. The van der Waals surface area contributed by atoms with E-state index < -0.39 is 0 Å². The smallest absolute Gasteiger partial charge is 0.262 e. The number of carbonyl (C=O) groups is 2. The monoisotopic (exact) mass is 478 g/mol. The second-order valence-corrected chi connectivity index (χ2v) is 7.64. The lowest BCUT2D eigenvalue weighted by atomic mass is 10.2. The van der Waals surface area contributed by atoms with Crippen molar-refractivity contribution >= 4 is 17.5 Å². The number of anilines is 1. The highest BCUT2D eigenvalue weighted by atomic mass is 16.6. The third-order valence-electron chi connectivity index (χ3n) is 5.22. The summed E-state index contributed by atoms with van der Waals surface area (Å²) in [4.78, 5) is 24.9. The van der Waals surface area contributed by atoms with Gasteiger partial charge in [-0.05, 0) is 54.6 Å². The molecule has 3 aromatic rings. The normalized spacial score (nSPS) is 13.9. The van der Waals surface area contributed by atoms with E-state index in [1.807, 2.05) is 24.3 Å². The molecule has 0 saturated carbocycles. The number of para-hydroxylation sites is 2. The quantitative estimate of drug-likeness (QED) is 0.486. The van der Waals surface area contributed by atoms with E-state index in [2.05, 4.69) is 10.6 Å². The zero-order valence-corrected chi connectivity index (χ0v) is 19.4. The number of fused-ring (bicyclic) bond motifs is 1. The van der Waals surface area contributed by atoms with E-state index in [0.717, 1.165) is 0 Å². The van der Waals surface area contributed by atoms with Crippen molar-refractivity contribution in [2.75, 3.05) is 39.3 Å². The van der Waals surface area contributed by atoms with E-state index in [-0.39, 0.29) is 31.1 Å². The second-order valence-electron chi connectivity index (χ2n) is 7.64. The third kappa shape index (κ3) is 6.14. The summed E-state index contributed by atoms with van der Waals surface area (Å²) in [5, 5.41) is 5.58. The van der Waals surface area contributed by atoms with Crippen LogP contribution in [0.3, 0.4) is 0 Å². The second kappa shape index (κ2) is 11.1. The molecule has 1 heterocycles. The Hall–Kier alpha value is -4.40. The van der Waals surface area contributed by atoms with Gasteiger partial charge in [0.25, 0.3) is 11.8 Å². The average molecular weight is 479 g/mol. The molecule has 0 radical (unpaired) electrons. The van der Waals surface area contributed by atoms with Gasteiger partial charge in [0.1, 0.15) is 18.5 Å². The lowest BCUT2D eigenvalue weighted by Gasteiger charge is -2.26. The Labute approximate surface area is 202 Å². The molecule has 0 fully saturated rings. The molecule has 0 unspecified atom stereocenters. The Morgan fingerprint density at radius 2 is 1.71 bits per heavy atom. The Bertz CT molecular complexity index is 1180. The molecule has 2 N–H and O–H groups in total. The first-order valence-electron chi connectivity index (χ1n) is 11.0. The molecule has 0 bridgehead atoms. The van der Waals surface area contributed by atoms with Crippen LogP contribution in [-0.2, 0) is 4.79 Å². The lowest BCUT2D eigenvalue weighted by Crippen LogP contribution is -2.40. The molecule has 9 heteroatoms. The van der Waals surface area contributed by atoms with Gasteiger partial charge in [0.2, 0.25) is 0 Å². The van der Waals surface area contributed by atoms with Crippen LogP contribution in [0.25, 0.3) is 0 Å². The average Bonchev–Trinajstić information content (AvgIpc) is 2.90. The predicted molar refractivity (Wildman–Crippen MR) is 129 cm³/mol. The topological polar surface area (TPSA) is 104 Å². The van der Waals surface area contributed by atoms with Gasteiger partial charge in [-0.15, -0.1) is 0 Å². The zero-order valence-electron chi connectivity index (χ0n) is 19.4. The molecule has 3 aromatic carbocycles. The number of benzene rings is 3. The van der Waals surface area contributed by atoms with Gasteiger partial charge in [0.15, 0.2) is 29.6 Å². The molecule has 0 aliphatic carbocycles. The number of hydrogen-bond donors (Lipinski definition) is 2. The van der Waals surface area contributed by atoms with Crippen LogP contribution < -0.4 is 34.3 Å². The van der Waals surface area contributed by atoms with E-state index >= 15 is 0 Å². The van der Waals surface area contributed by atoms with Crippen molar-refractivity contribution < 1.29 is 33.3 Å². The third-order valence-corrected chi connectivity index (χ3v) is 5.22. The molecular weight excluding hydrogens is 452 g/mol. The van der Waals surface area contributed by atoms with Crippen LogP contribution in [-0.4, -0.2) is 51.9 Å². The lowest BCUT2D eigenvalue weighted by molar-refractivity contribution is -0.118. The SMILES string of the molecule is COc1ccc(NC(=O)COc2ccc(C(=O)NC[C@@H]3COc4ccccc4O3)cc2OC)cc1. The van der Waals surface area contributed by atoms with E-state index in [1.165, 1.54) is 7.11 Å². The summed E-state index contributed by atoms with van der Waals surface area (Å²) in [6.07, 6.45) is -0.303. The molecule has 9 nitrogen and oxygen atoms in total. The van der Waals surface area contributed by atoms with Crippen molar-refractivity contribution in [1.82, 2.24) is 5.32 Å². The molecule has 35 heavy (non-hydrogen) atoms. The number of methoxy groups -OCH3 is 2. The molecule has 182 valence electrons. The summed E-state index contributed by atoms with van der Waals surface area (Å²) in [6, 6.07) is 19.1. The van der Waals surface area contributed by atoms with Gasteiger partial charge < -0.3 is 34.3 Å². The molecule has 1 aliphatic heterocycles. The van der Waals surface area contributed by atoms with E-state index in [1.54, 1.807) is 49.6 Å².